The van der Waals surface area contributed by atoms with Crippen LogP contribution in [0.5, 0.6) is 5.75 Å². The van der Waals surface area contributed by atoms with Crippen molar-refractivity contribution in [2.24, 2.45) is 0 Å². The van der Waals surface area contributed by atoms with E-state index in [9.17, 15) is 5.11 Å². The van der Waals surface area contributed by atoms with Crippen LogP contribution in [0.4, 0.5) is 0 Å². The third kappa shape index (κ3) is 4.02. The molecule has 4 nitrogen and oxygen atoms in total. The molecule has 0 aliphatic heterocycles. The van der Waals surface area contributed by atoms with Gasteiger partial charge in [-0.2, -0.15) is 0 Å². The number of aromatic nitrogens is 2. The number of aryl methyl sites for hydroxylation is 4. The number of imidazole rings is 1. The molecule has 0 fully saturated rings. The van der Waals surface area contributed by atoms with E-state index in [2.05, 4.69) is 30.5 Å². The lowest BCUT2D eigenvalue weighted by Crippen LogP contribution is -2.12. The van der Waals surface area contributed by atoms with E-state index in [1.807, 2.05) is 25.1 Å². The quantitative estimate of drug-likeness (QED) is 0.658. The summed E-state index contributed by atoms with van der Waals surface area (Å²) < 4.78 is 8.13. The molecule has 0 spiro atoms. The van der Waals surface area contributed by atoms with Gasteiger partial charge in [-0.15, -0.1) is 0 Å². The highest BCUT2D eigenvalue weighted by atomic mass is 35.5. The molecule has 1 heterocycles. The van der Waals surface area contributed by atoms with E-state index >= 15 is 0 Å². The van der Waals surface area contributed by atoms with Crippen LogP contribution in [-0.2, 0) is 13.0 Å². The number of fused-ring (bicyclic) bond motifs is 1. The first-order valence-corrected chi connectivity index (χ1v) is 9.33. The minimum absolute atomic E-state index is 0.168. The predicted molar refractivity (Wildman–Crippen MR) is 106 cm³/mol. The second-order valence-corrected chi connectivity index (χ2v) is 7.10. The lowest BCUT2D eigenvalue weighted by atomic mass is 10.1. The van der Waals surface area contributed by atoms with E-state index in [1.165, 1.54) is 11.1 Å². The van der Waals surface area contributed by atoms with Gasteiger partial charge in [-0.25, -0.2) is 4.98 Å². The third-order valence-electron chi connectivity index (χ3n) is 4.71. The molecule has 0 radical (unpaired) electrons. The lowest BCUT2D eigenvalue weighted by molar-refractivity contribution is 0.283. The minimum Gasteiger partial charge on any atom is -0.492 e. The van der Waals surface area contributed by atoms with Crippen molar-refractivity contribution in [2.45, 2.75) is 40.2 Å². The van der Waals surface area contributed by atoms with Crippen LogP contribution >= 0.6 is 11.6 Å². The van der Waals surface area contributed by atoms with Crippen LogP contribution in [0, 0.1) is 20.8 Å². The third-order valence-corrected chi connectivity index (χ3v) is 5.14. The molecule has 1 aromatic heterocycles. The summed E-state index contributed by atoms with van der Waals surface area (Å²) in [5, 5.41) is 9.93. The highest BCUT2D eigenvalue weighted by molar-refractivity contribution is 6.31. The number of halogens is 1. The normalized spacial score (nSPS) is 11.3. The summed E-state index contributed by atoms with van der Waals surface area (Å²) in [5.74, 6) is 1.81. The topological polar surface area (TPSA) is 47.3 Å². The number of benzene rings is 2. The summed E-state index contributed by atoms with van der Waals surface area (Å²) in [6.45, 7) is 7.62. The number of hydrogen-bond acceptors (Lipinski definition) is 3. The summed E-state index contributed by atoms with van der Waals surface area (Å²) in [5.41, 5.74) is 5.62. The molecule has 0 unspecified atom stereocenters. The number of rotatable bonds is 7. The Labute approximate surface area is 159 Å². The fourth-order valence-corrected chi connectivity index (χ4v) is 3.19. The summed E-state index contributed by atoms with van der Waals surface area (Å²) >= 11 is 6.07. The van der Waals surface area contributed by atoms with Gasteiger partial charge in [0.25, 0.3) is 0 Å². The number of hydrogen-bond donors (Lipinski definition) is 1. The minimum atomic E-state index is 0.168. The lowest BCUT2D eigenvalue weighted by Gasteiger charge is -2.12. The highest BCUT2D eigenvalue weighted by Crippen LogP contribution is 2.23. The van der Waals surface area contributed by atoms with Crippen molar-refractivity contribution in [3.63, 3.8) is 0 Å². The molecule has 1 N–H and O–H groups in total. The molecule has 5 heteroatoms. The van der Waals surface area contributed by atoms with Gasteiger partial charge in [0.1, 0.15) is 18.2 Å². The fourth-order valence-electron chi connectivity index (χ4n) is 3.07. The first kappa shape index (κ1) is 18.7. The Morgan fingerprint density at radius 2 is 1.85 bits per heavy atom. The molecule has 3 rings (SSSR count). The van der Waals surface area contributed by atoms with Gasteiger partial charge in [0.2, 0.25) is 0 Å². The van der Waals surface area contributed by atoms with Crippen molar-refractivity contribution in [1.29, 1.82) is 0 Å². The molecule has 0 aliphatic rings. The number of aliphatic hydroxyl groups excluding tert-OH is 1. The standard InChI is InChI=1S/C21H25ClN2O2/c1-14-12-19-20(13-15(14)2)24(21(23-19)5-4-9-25)8-10-26-17-6-7-18(22)16(3)11-17/h6-7,11-13,25H,4-5,8-10H2,1-3H3. The first-order chi connectivity index (χ1) is 12.5. The molecule has 0 saturated heterocycles. The molecule has 3 aromatic rings. The smallest absolute Gasteiger partial charge is 0.119 e. The SMILES string of the molecule is Cc1cc2nc(CCCO)n(CCOc3ccc(Cl)c(C)c3)c2cc1C. The molecular formula is C21H25ClN2O2. The van der Waals surface area contributed by atoms with E-state index in [0.717, 1.165) is 39.6 Å². The summed E-state index contributed by atoms with van der Waals surface area (Å²) in [4.78, 5) is 4.78. The predicted octanol–water partition coefficient (Wildman–Crippen LogP) is 4.62. The van der Waals surface area contributed by atoms with E-state index in [1.54, 1.807) is 0 Å². The van der Waals surface area contributed by atoms with Crippen molar-refractivity contribution in [1.82, 2.24) is 9.55 Å². The Morgan fingerprint density at radius 3 is 2.58 bits per heavy atom. The number of nitrogens with zero attached hydrogens (tertiary/aromatic N) is 2. The first-order valence-electron chi connectivity index (χ1n) is 8.95. The van der Waals surface area contributed by atoms with Crippen molar-refractivity contribution < 1.29 is 9.84 Å². The van der Waals surface area contributed by atoms with Crippen molar-refractivity contribution in [3.8, 4) is 5.75 Å². The Kier molecular flexibility index (Phi) is 5.84. The maximum atomic E-state index is 9.18. The zero-order valence-electron chi connectivity index (χ0n) is 15.6. The second-order valence-electron chi connectivity index (χ2n) is 6.69. The van der Waals surface area contributed by atoms with E-state index in [4.69, 9.17) is 21.3 Å². The highest BCUT2D eigenvalue weighted by Gasteiger charge is 2.12. The molecule has 0 atom stereocenters. The van der Waals surface area contributed by atoms with E-state index in [-0.39, 0.29) is 6.61 Å². The molecule has 0 bridgehead atoms. The Hall–Kier alpha value is -2.04. The summed E-state index contributed by atoms with van der Waals surface area (Å²) in [6.07, 6.45) is 1.46. The van der Waals surface area contributed by atoms with Gasteiger partial charge in [0, 0.05) is 18.1 Å². The van der Waals surface area contributed by atoms with Crippen molar-refractivity contribution >= 4 is 22.6 Å². The van der Waals surface area contributed by atoms with Crippen LogP contribution in [0.3, 0.4) is 0 Å². The van der Waals surface area contributed by atoms with Gasteiger partial charge in [-0.3, -0.25) is 0 Å². The molecule has 0 saturated carbocycles. The van der Waals surface area contributed by atoms with E-state index in [0.29, 0.717) is 19.6 Å². The van der Waals surface area contributed by atoms with Crippen LogP contribution in [0.15, 0.2) is 30.3 Å². The monoisotopic (exact) mass is 372 g/mol. The van der Waals surface area contributed by atoms with Gasteiger partial charge in [0.15, 0.2) is 0 Å². The Morgan fingerprint density at radius 1 is 1.08 bits per heavy atom. The van der Waals surface area contributed by atoms with Crippen LogP contribution < -0.4 is 4.74 Å². The van der Waals surface area contributed by atoms with Crippen LogP contribution in [-0.4, -0.2) is 27.9 Å². The van der Waals surface area contributed by atoms with Crippen molar-refractivity contribution in [3.05, 3.63) is 57.9 Å². The van der Waals surface area contributed by atoms with Gasteiger partial charge in [-0.1, -0.05) is 11.6 Å². The fraction of sp³-hybridized carbons (Fsp3) is 0.381. The molecular weight excluding hydrogens is 348 g/mol. The van der Waals surface area contributed by atoms with Crippen LogP contribution in [0.25, 0.3) is 11.0 Å². The molecule has 0 aliphatic carbocycles. The summed E-state index contributed by atoms with van der Waals surface area (Å²) in [7, 11) is 0. The molecule has 0 amide bonds. The number of ether oxygens (including phenoxy) is 1. The largest absolute Gasteiger partial charge is 0.492 e. The van der Waals surface area contributed by atoms with Gasteiger partial charge >= 0.3 is 0 Å². The molecule has 138 valence electrons. The zero-order valence-corrected chi connectivity index (χ0v) is 16.3. The van der Waals surface area contributed by atoms with E-state index < -0.39 is 0 Å². The Balaban J connectivity index is 1.82. The number of aliphatic hydroxyl groups is 1. The van der Waals surface area contributed by atoms with Crippen LogP contribution in [0.2, 0.25) is 5.02 Å². The van der Waals surface area contributed by atoms with Gasteiger partial charge < -0.3 is 14.4 Å². The average molecular weight is 373 g/mol. The summed E-state index contributed by atoms with van der Waals surface area (Å²) in [6, 6.07) is 10.0. The maximum Gasteiger partial charge on any atom is 0.119 e. The zero-order chi connectivity index (χ0) is 18.7. The van der Waals surface area contributed by atoms with Crippen molar-refractivity contribution in [2.75, 3.05) is 13.2 Å². The van der Waals surface area contributed by atoms with Gasteiger partial charge in [0.05, 0.1) is 17.6 Å². The average Bonchev–Trinajstić information content (AvgIpc) is 2.93. The Bertz CT molecular complexity index is 918. The second kappa shape index (κ2) is 8.11. The van der Waals surface area contributed by atoms with Gasteiger partial charge in [-0.05, 0) is 74.2 Å². The van der Waals surface area contributed by atoms with Crippen LogP contribution in [0.1, 0.15) is 28.9 Å². The maximum absolute atomic E-state index is 9.18. The molecule has 2 aromatic carbocycles. The molecule has 26 heavy (non-hydrogen) atoms.